The monoisotopic (exact) mass is 322 g/mol. The van der Waals surface area contributed by atoms with E-state index in [1.54, 1.807) is 0 Å². The molecule has 132 valence electrons. The number of unbranched alkanes of at least 4 members (excludes halogenated alkanes) is 10. The van der Waals surface area contributed by atoms with E-state index in [2.05, 4.69) is 18.8 Å². The number of carboxylic acids is 1. The van der Waals surface area contributed by atoms with Gasteiger partial charge in [-0.15, -0.1) is 5.92 Å². The molecule has 0 unspecified atom stereocenters. The first-order valence-electron chi connectivity index (χ1n) is 9.59. The molecule has 23 heavy (non-hydrogen) atoms. The number of hydrogen-bond acceptors (Lipinski definition) is 2. The molecular weight excluding hydrogens is 288 g/mol. The summed E-state index contributed by atoms with van der Waals surface area (Å²) in [6, 6.07) is 0. The number of hydrogen-bond donors (Lipinski definition) is 1. The minimum absolute atomic E-state index is 0.0758. The fourth-order valence-electron chi connectivity index (χ4n) is 2.82. The molecule has 1 aliphatic rings. The largest absolute Gasteiger partial charge is 0.481 e. The fourth-order valence-corrected chi connectivity index (χ4v) is 2.82. The van der Waals surface area contributed by atoms with E-state index in [0.717, 1.165) is 12.8 Å². The number of aliphatic carboxylic acids is 1. The second-order valence-electron chi connectivity index (χ2n) is 6.63. The predicted molar refractivity (Wildman–Crippen MR) is 94.4 cm³/mol. The third-order valence-corrected chi connectivity index (χ3v) is 4.36. The van der Waals surface area contributed by atoms with Crippen LogP contribution in [0, 0.1) is 11.8 Å². The third kappa shape index (κ3) is 12.1. The Kier molecular flexibility index (Phi) is 11.7. The lowest BCUT2D eigenvalue weighted by atomic mass is 10.1. The van der Waals surface area contributed by atoms with Crippen LogP contribution >= 0.6 is 0 Å². The molecule has 0 radical (unpaired) electrons. The lowest BCUT2D eigenvalue weighted by Gasteiger charge is -2.00. The van der Waals surface area contributed by atoms with Gasteiger partial charge in [0.05, 0.1) is 6.10 Å². The summed E-state index contributed by atoms with van der Waals surface area (Å²) in [6.07, 6.45) is 16.5. The van der Waals surface area contributed by atoms with Crippen LogP contribution in [0.2, 0.25) is 0 Å². The number of rotatable bonds is 14. The highest BCUT2D eigenvalue weighted by Crippen LogP contribution is 2.26. The molecular formula is C20H34O3. The number of carbonyl (C=O) groups is 1. The van der Waals surface area contributed by atoms with E-state index in [1.165, 1.54) is 64.2 Å². The van der Waals surface area contributed by atoms with Crippen LogP contribution in [0.25, 0.3) is 0 Å². The Morgan fingerprint density at radius 1 is 0.957 bits per heavy atom. The molecule has 0 aromatic heterocycles. The summed E-state index contributed by atoms with van der Waals surface area (Å²) in [4.78, 5) is 10.4. The molecule has 0 amide bonds. The summed E-state index contributed by atoms with van der Waals surface area (Å²) in [5.41, 5.74) is 0. The molecule has 0 aromatic rings. The van der Waals surface area contributed by atoms with E-state index in [4.69, 9.17) is 9.84 Å². The van der Waals surface area contributed by atoms with E-state index in [9.17, 15) is 4.79 Å². The normalized spacial score (nSPS) is 19.2. The van der Waals surface area contributed by atoms with Crippen LogP contribution in [0.15, 0.2) is 0 Å². The van der Waals surface area contributed by atoms with Crippen molar-refractivity contribution in [3.63, 3.8) is 0 Å². The van der Waals surface area contributed by atoms with Gasteiger partial charge in [0.15, 0.2) is 0 Å². The molecule has 0 saturated carbocycles. The van der Waals surface area contributed by atoms with Gasteiger partial charge in [-0.25, -0.2) is 0 Å². The van der Waals surface area contributed by atoms with Crippen LogP contribution in [0.4, 0.5) is 0 Å². The molecule has 0 aromatic carbocycles. The third-order valence-electron chi connectivity index (χ3n) is 4.36. The summed E-state index contributed by atoms with van der Waals surface area (Å²) < 4.78 is 5.43. The van der Waals surface area contributed by atoms with Gasteiger partial charge in [-0.1, -0.05) is 70.6 Å². The van der Waals surface area contributed by atoms with Crippen molar-refractivity contribution in [1.82, 2.24) is 0 Å². The Balaban J connectivity index is 1.81. The van der Waals surface area contributed by atoms with Crippen LogP contribution in [0.1, 0.15) is 96.8 Å². The van der Waals surface area contributed by atoms with Crippen molar-refractivity contribution in [2.45, 2.75) is 109 Å². The standard InChI is InChI=1S/C20H34O3/c1-2-3-4-5-6-7-8-9-10-11-12-13-15-18-19(23-18)16-14-17-20(21)22/h18-19H,2-12,14,16-17H2,1H3,(H,21,22)/t18-,19-/m1/s1. The highest BCUT2D eigenvalue weighted by Gasteiger charge is 2.36. The predicted octanol–water partition coefficient (Wildman–Crippen LogP) is 5.32. The van der Waals surface area contributed by atoms with Gasteiger partial charge < -0.3 is 9.84 Å². The van der Waals surface area contributed by atoms with E-state index in [0.29, 0.717) is 6.42 Å². The molecule has 0 spiro atoms. The topological polar surface area (TPSA) is 49.8 Å². The molecule has 1 N–H and O–H groups in total. The van der Waals surface area contributed by atoms with E-state index < -0.39 is 5.97 Å². The minimum Gasteiger partial charge on any atom is -0.481 e. The highest BCUT2D eigenvalue weighted by atomic mass is 16.6. The second kappa shape index (κ2) is 13.4. The average Bonchev–Trinajstić information content (AvgIpc) is 3.26. The first kappa shape index (κ1) is 20.0. The molecule has 3 heteroatoms. The zero-order chi connectivity index (χ0) is 16.8. The van der Waals surface area contributed by atoms with Crippen molar-refractivity contribution in [1.29, 1.82) is 0 Å². The fraction of sp³-hybridized carbons (Fsp3) is 0.850. The number of ether oxygens (including phenoxy) is 1. The van der Waals surface area contributed by atoms with Crippen molar-refractivity contribution < 1.29 is 14.6 Å². The Labute approximate surface area is 142 Å². The smallest absolute Gasteiger partial charge is 0.303 e. The van der Waals surface area contributed by atoms with Crippen molar-refractivity contribution in [2.24, 2.45) is 0 Å². The average molecular weight is 322 g/mol. The van der Waals surface area contributed by atoms with Crippen LogP contribution in [-0.4, -0.2) is 23.3 Å². The zero-order valence-corrected chi connectivity index (χ0v) is 14.8. The summed E-state index contributed by atoms with van der Waals surface area (Å²) in [7, 11) is 0. The van der Waals surface area contributed by atoms with Crippen molar-refractivity contribution in [2.75, 3.05) is 0 Å². The Hall–Kier alpha value is -1.01. The maximum absolute atomic E-state index is 10.4. The van der Waals surface area contributed by atoms with Gasteiger partial charge in [0.25, 0.3) is 0 Å². The molecule has 1 saturated heterocycles. The van der Waals surface area contributed by atoms with E-state index in [1.807, 2.05) is 0 Å². The zero-order valence-electron chi connectivity index (χ0n) is 14.8. The SMILES string of the molecule is CCCCCCCCCCCCC#C[C@H]1O[C@@H]1CCCC(=O)O. The van der Waals surface area contributed by atoms with E-state index >= 15 is 0 Å². The Bertz CT molecular complexity index is 367. The summed E-state index contributed by atoms with van der Waals surface area (Å²) in [5, 5.41) is 8.57. The molecule has 1 aliphatic heterocycles. The maximum atomic E-state index is 10.4. The van der Waals surface area contributed by atoms with Gasteiger partial charge in [-0.3, -0.25) is 4.79 Å². The van der Waals surface area contributed by atoms with Crippen molar-refractivity contribution >= 4 is 5.97 Å². The van der Waals surface area contributed by atoms with Crippen LogP contribution in [0.5, 0.6) is 0 Å². The number of carboxylic acid groups (broad SMARTS) is 1. The molecule has 3 nitrogen and oxygen atoms in total. The second-order valence-corrected chi connectivity index (χ2v) is 6.63. The maximum Gasteiger partial charge on any atom is 0.303 e. The Morgan fingerprint density at radius 2 is 1.57 bits per heavy atom. The lowest BCUT2D eigenvalue weighted by molar-refractivity contribution is -0.137. The van der Waals surface area contributed by atoms with E-state index in [-0.39, 0.29) is 18.6 Å². The first-order chi connectivity index (χ1) is 11.2. The number of epoxide rings is 1. The van der Waals surface area contributed by atoms with Gasteiger partial charge >= 0.3 is 5.97 Å². The van der Waals surface area contributed by atoms with Crippen LogP contribution in [0.3, 0.4) is 0 Å². The van der Waals surface area contributed by atoms with Crippen LogP contribution < -0.4 is 0 Å². The molecule has 2 atom stereocenters. The summed E-state index contributed by atoms with van der Waals surface area (Å²) in [6.45, 7) is 2.26. The lowest BCUT2D eigenvalue weighted by Crippen LogP contribution is -1.97. The highest BCUT2D eigenvalue weighted by molar-refractivity contribution is 5.66. The Morgan fingerprint density at radius 3 is 2.17 bits per heavy atom. The van der Waals surface area contributed by atoms with Gasteiger partial charge in [0.1, 0.15) is 6.10 Å². The summed E-state index contributed by atoms with van der Waals surface area (Å²) >= 11 is 0. The molecule has 0 bridgehead atoms. The first-order valence-corrected chi connectivity index (χ1v) is 9.59. The van der Waals surface area contributed by atoms with Crippen LogP contribution in [-0.2, 0) is 9.53 Å². The minimum atomic E-state index is -0.728. The molecule has 0 aliphatic carbocycles. The molecule has 1 heterocycles. The van der Waals surface area contributed by atoms with Gasteiger partial charge in [-0.2, -0.15) is 0 Å². The molecule has 1 fully saturated rings. The van der Waals surface area contributed by atoms with Crippen molar-refractivity contribution in [3.8, 4) is 11.8 Å². The summed E-state index contributed by atoms with van der Waals surface area (Å²) in [5.74, 6) is 5.64. The van der Waals surface area contributed by atoms with Gasteiger partial charge in [-0.05, 0) is 19.3 Å². The van der Waals surface area contributed by atoms with Gasteiger partial charge in [0.2, 0.25) is 0 Å². The van der Waals surface area contributed by atoms with Gasteiger partial charge in [0, 0.05) is 12.8 Å². The van der Waals surface area contributed by atoms with Crippen molar-refractivity contribution in [3.05, 3.63) is 0 Å². The molecule has 1 rings (SSSR count). The quantitative estimate of drug-likeness (QED) is 0.267.